The van der Waals surface area contributed by atoms with Gasteiger partial charge in [0.25, 0.3) is 5.91 Å². The average Bonchev–Trinajstić information content (AvgIpc) is 3.63. The van der Waals surface area contributed by atoms with Gasteiger partial charge in [0.1, 0.15) is 6.17 Å². The van der Waals surface area contributed by atoms with Crippen molar-refractivity contribution in [3.05, 3.63) is 35.8 Å². The smallest absolute Gasteiger partial charge is 0.273 e. The molecule has 4 heterocycles. The number of nitrogens with zero attached hydrogens (tertiary/aromatic N) is 6. The van der Waals surface area contributed by atoms with Gasteiger partial charge in [-0.3, -0.25) is 9.59 Å². The van der Waals surface area contributed by atoms with Crippen LogP contribution in [-0.2, 0) is 10.2 Å². The minimum atomic E-state index is -0.844. The zero-order chi connectivity index (χ0) is 23.7. The number of halogens is 1. The number of aromatic nitrogens is 5. The van der Waals surface area contributed by atoms with Crippen molar-refractivity contribution in [1.29, 1.82) is 0 Å². The highest BCUT2D eigenvalue weighted by atomic mass is 19.1. The second-order valence-electron chi connectivity index (χ2n) is 9.38. The largest absolute Gasteiger partial charge is 0.369 e. The van der Waals surface area contributed by atoms with E-state index >= 15 is 0 Å². The maximum Gasteiger partial charge on any atom is 0.273 e. The lowest BCUT2D eigenvalue weighted by Gasteiger charge is -2.16. The number of nitrogens with one attached hydrogen (secondary N) is 2. The fourth-order valence-corrected chi connectivity index (χ4v) is 5.22. The standard InChI is InChI=1S/C22H24FN9O2/c1-25-18(33)17-14(8-15(28-29-17)22(19(24)34)11-21(22)5-6-21)26-20-27-16-3-2-13(10-32(16)30-20)31-7-4-12(23)9-31/h2-3,8,10,12H,4-7,9,11H2,1H3,(H2,24,34)(H,25,33)(H,26,28,30)/t12-,22+/m0/s1. The van der Waals surface area contributed by atoms with E-state index in [4.69, 9.17) is 5.73 Å². The number of carbonyl (C=O) groups is 2. The Bertz CT molecular complexity index is 1340. The van der Waals surface area contributed by atoms with E-state index < -0.39 is 23.4 Å². The quantitative estimate of drug-likeness (QED) is 0.491. The van der Waals surface area contributed by atoms with Crippen LogP contribution in [0.3, 0.4) is 0 Å². The number of primary amides is 1. The number of rotatable bonds is 6. The average molecular weight is 465 g/mol. The lowest BCUT2D eigenvalue weighted by Crippen LogP contribution is -2.33. The van der Waals surface area contributed by atoms with Gasteiger partial charge in [0.2, 0.25) is 11.9 Å². The molecule has 2 aliphatic carbocycles. The molecule has 4 N–H and O–H groups in total. The monoisotopic (exact) mass is 465 g/mol. The van der Waals surface area contributed by atoms with Crippen molar-refractivity contribution >= 4 is 34.8 Å². The number of anilines is 3. The Kier molecular flexibility index (Phi) is 4.32. The van der Waals surface area contributed by atoms with E-state index in [9.17, 15) is 14.0 Å². The summed E-state index contributed by atoms with van der Waals surface area (Å²) in [7, 11) is 1.50. The molecule has 11 nitrogen and oxygen atoms in total. The van der Waals surface area contributed by atoms with Crippen LogP contribution in [0.5, 0.6) is 0 Å². The van der Waals surface area contributed by atoms with Gasteiger partial charge in [0.15, 0.2) is 11.3 Å². The molecule has 1 aliphatic heterocycles. The SMILES string of the molecule is CNC(=O)c1nnc([C@@]2(C(N)=O)CC23CC3)cc1Nc1nc2ccc(N3CC[C@H](F)C3)cn2n1. The lowest BCUT2D eigenvalue weighted by molar-refractivity contribution is -0.121. The van der Waals surface area contributed by atoms with Crippen LogP contribution in [0.4, 0.5) is 21.7 Å². The van der Waals surface area contributed by atoms with Crippen molar-refractivity contribution in [3.63, 3.8) is 0 Å². The summed E-state index contributed by atoms with van der Waals surface area (Å²) < 4.78 is 15.2. The van der Waals surface area contributed by atoms with Crippen molar-refractivity contribution < 1.29 is 14.0 Å². The van der Waals surface area contributed by atoms with Gasteiger partial charge in [0, 0.05) is 20.1 Å². The predicted octanol–water partition coefficient (Wildman–Crippen LogP) is 1.08. The van der Waals surface area contributed by atoms with Crippen LogP contribution in [-0.4, -0.2) is 62.9 Å². The number of nitrogens with two attached hydrogens (primary N) is 1. The van der Waals surface area contributed by atoms with Crippen LogP contribution in [0.2, 0.25) is 0 Å². The van der Waals surface area contributed by atoms with Crippen LogP contribution >= 0.6 is 0 Å². The molecule has 6 rings (SSSR count). The Morgan fingerprint density at radius 3 is 2.74 bits per heavy atom. The minimum absolute atomic E-state index is 0.0574. The molecule has 34 heavy (non-hydrogen) atoms. The van der Waals surface area contributed by atoms with Crippen LogP contribution in [0, 0.1) is 5.41 Å². The Morgan fingerprint density at radius 2 is 2.09 bits per heavy atom. The van der Waals surface area contributed by atoms with E-state index in [1.54, 1.807) is 22.8 Å². The highest BCUT2D eigenvalue weighted by Gasteiger charge is 2.78. The van der Waals surface area contributed by atoms with Gasteiger partial charge in [-0.15, -0.1) is 10.2 Å². The first-order chi connectivity index (χ1) is 16.3. The first-order valence-corrected chi connectivity index (χ1v) is 11.3. The van der Waals surface area contributed by atoms with Gasteiger partial charge in [-0.05, 0) is 49.3 Å². The molecule has 0 aromatic carbocycles. The summed E-state index contributed by atoms with van der Waals surface area (Å²) in [6.07, 6.45) is 3.97. The molecule has 2 saturated carbocycles. The summed E-state index contributed by atoms with van der Waals surface area (Å²) in [4.78, 5) is 31.2. The topological polar surface area (TPSA) is 143 Å². The van der Waals surface area contributed by atoms with Crippen molar-refractivity contribution in [3.8, 4) is 0 Å². The molecule has 0 unspecified atom stereocenters. The van der Waals surface area contributed by atoms with Crippen molar-refractivity contribution in [2.45, 2.75) is 37.3 Å². The Balaban J connectivity index is 1.35. The van der Waals surface area contributed by atoms with E-state index in [2.05, 4.69) is 30.9 Å². The molecule has 3 aliphatic rings. The highest BCUT2D eigenvalue weighted by molar-refractivity contribution is 5.98. The maximum absolute atomic E-state index is 13.6. The van der Waals surface area contributed by atoms with E-state index in [0.717, 1.165) is 18.5 Å². The fraction of sp³-hybridized carbons (Fsp3) is 0.455. The summed E-state index contributed by atoms with van der Waals surface area (Å²) in [5.41, 5.74) is 7.09. The molecule has 2 amide bonds. The highest BCUT2D eigenvalue weighted by Crippen LogP contribution is 2.78. The maximum atomic E-state index is 13.6. The van der Waals surface area contributed by atoms with Gasteiger partial charge < -0.3 is 21.3 Å². The first-order valence-electron chi connectivity index (χ1n) is 11.3. The molecule has 2 atom stereocenters. The van der Waals surface area contributed by atoms with Gasteiger partial charge in [-0.2, -0.15) is 10.1 Å². The number of hydrogen-bond donors (Lipinski definition) is 3. The molecule has 0 radical (unpaired) electrons. The number of amides is 2. The molecular weight excluding hydrogens is 441 g/mol. The lowest BCUT2D eigenvalue weighted by atomic mass is 9.96. The molecule has 12 heteroatoms. The molecule has 3 aromatic rings. The molecule has 3 fully saturated rings. The number of pyridine rings is 1. The first kappa shape index (κ1) is 20.8. The van der Waals surface area contributed by atoms with Gasteiger partial charge >= 0.3 is 0 Å². The molecular formula is C22H24FN9O2. The number of alkyl halides is 1. The van der Waals surface area contributed by atoms with Crippen molar-refractivity contribution in [2.75, 3.05) is 30.4 Å². The number of hydrogen-bond acceptors (Lipinski definition) is 8. The summed E-state index contributed by atoms with van der Waals surface area (Å²) in [5, 5.41) is 18.4. The second kappa shape index (κ2) is 7.08. The van der Waals surface area contributed by atoms with Crippen LogP contribution in [0.25, 0.3) is 5.65 Å². The second-order valence-corrected chi connectivity index (χ2v) is 9.38. The summed E-state index contributed by atoms with van der Waals surface area (Å²) in [6, 6.07) is 5.34. The van der Waals surface area contributed by atoms with Crippen LogP contribution in [0.1, 0.15) is 41.9 Å². The van der Waals surface area contributed by atoms with Crippen LogP contribution in [0.15, 0.2) is 24.4 Å². The van der Waals surface area contributed by atoms with Gasteiger partial charge in [-0.1, -0.05) is 0 Å². The Hall–Kier alpha value is -3.83. The van der Waals surface area contributed by atoms with E-state index in [-0.39, 0.29) is 17.1 Å². The number of fused-ring (bicyclic) bond motifs is 1. The van der Waals surface area contributed by atoms with E-state index in [1.165, 1.54) is 7.05 Å². The molecule has 1 spiro atoms. The molecule has 176 valence electrons. The van der Waals surface area contributed by atoms with Crippen LogP contribution < -0.4 is 21.3 Å². The predicted molar refractivity (Wildman–Crippen MR) is 121 cm³/mol. The Labute approximate surface area is 193 Å². The third-order valence-corrected chi connectivity index (χ3v) is 7.39. The van der Waals surface area contributed by atoms with E-state index in [0.29, 0.717) is 43.0 Å². The number of carbonyl (C=O) groups excluding carboxylic acids is 2. The third-order valence-electron chi connectivity index (χ3n) is 7.39. The third kappa shape index (κ3) is 3.01. The summed E-state index contributed by atoms with van der Waals surface area (Å²) in [6.45, 7) is 1.01. The zero-order valence-electron chi connectivity index (χ0n) is 18.6. The zero-order valence-corrected chi connectivity index (χ0v) is 18.6. The summed E-state index contributed by atoms with van der Waals surface area (Å²) >= 11 is 0. The van der Waals surface area contributed by atoms with Gasteiger partial charge in [-0.25, -0.2) is 8.91 Å². The van der Waals surface area contributed by atoms with E-state index in [1.807, 2.05) is 11.0 Å². The Morgan fingerprint density at radius 1 is 1.26 bits per heavy atom. The summed E-state index contributed by atoms with van der Waals surface area (Å²) in [5.74, 6) is -0.614. The van der Waals surface area contributed by atoms with Crippen molar-refractivity contribution in [1.82, 2.24) is 30.1 Å². The molecule has 3 aromatic heterocycles. The minimum Gasteiger partial charge on any atom is -0.369 e. The fourth-order valence-electron chi connectivity index (χ4n) is 5.22. The van der Waals surface area contributed by atoms with Gasteiger partial charge in [0.05, 0.1) is 28.7 Å². The molecule has 1 saturated heterocycles. The van der Waals surface area contributed by atoms with Crippen molar-refractivity contribution in [2.24, 2.45) is 11.1 Å². The normalized spacial score (nSPS) is 24.4. The molecule has 0 bridgehead atoms.